The highest BCUT2D eigenvalue weighted by Crippen LogP contribution is 2.31. The molecule has 3 aromatic carbocycles. The number of nitrogens with one attached hydrogen (secondary N) is 1. The van der Waals surface area contributed by atoms with E-state index in [1.54, 1.807) is 24.3 Å². The van der Waals surface area contributed by atoms with Crippen molar-refractivity contribution in [2.45, 2.75) is 12.7 Å². The highest BCUT2D eigenvalue weighted by Gasteiger charge is 2.30. The largest absolute Gasteiger partial charge is 0.416 e. The van der Waals surface area contributed by atoms with Gasteiger partial charge in [-0.2, -0.15) is 13.2 Å². The number of alkyl halides is 3. The van der Waals surface area contributed by atoms with Crippen LogP contribution in [0.25, 0.3) is 0 Å². The van der Waals surface area contributed by atoms with Crippen molar-refractivity contribution in [1.29, 1.82) is 0 Å². The van der Waals surface area contributed by atoms with Crippen LogP contribution in [0, 0.1) is 0 Å². The number of rotatable bonds is 6. The average molecular weight is 448 g/mol. The van der Waals surface area contributed by atoms with Gasteiger partial charge in [0.25, 0.3) is 5.91 Å². The van der Waals surface area contributed by atoms with E-state index in [0.29, 0.717) is 5.69 Å². The molecule has 3 rings (SSSR count). The summed E-state index contributed by atoms with van der Waals surface area (Å²) in [5.74, 6) is -0.611. The predicted molar refractivity (Wildman–Crippen MR) is 113 cm³/mol. The normalized spacial score (nSPS) is 11.7. The van der Waals surface area contributed by atoms with Crippen LogP contribution in [0.2, 0.25) is 0 Å². The molecule has 0 saturated carbocycles. The van der Waals surface area contributed by atoms with Crippen LogP contribution in [-0.4, -0.2) is 20.6 Å². The number of benzene rings is 3. The molecule has 0 bridgehead atoms. The summed E-state index contributed by atoms with van der Waals surface area (Å²) in [5.41, 5.74) is 0.465. The van der Waals surface area contributed by atoms with Gasteiger partial charge in [-0.3, -0.25) is 9.10 Å². The standard InChI is InChI=1S/C22H19F3N2O3S/c1-31(29,30)27(15-16-6-3-2-4-7-16)20-12-10-17(11-13-20)21(28)26-19-9-5-8-18(14-19)22(23,24)25/h2-14H,15H2,1H3,(H,26,28). The summed E-state index contributed by atoms with van der Waals surface area (Å²) in [5, 5.41) is 2.42. The summed E-state index contributed by atoms with van der Waals surface area (Å²) < 4.78 is 64.2. The zero-order valence-electron chi connectivity index (χ0n) is 16.4. The van der Waals surface area contributed by atoms with Crippen LogP contribution >= 0.6 is 0 Å². The molecule has 0 aromatic heterocycles. The molecule has 3 aromatic rings. The molecule has 0 radical (unpaired) electrons. The number of halogens is 3. The minimum absolute atomic E-state index is 0.00532. The summed E-state index contributed by atoms with van der Waals surface area (Å²) >= 11 is 0. The third kappa shape index (κ3) is 5.85. The van der Waals surface area contributed by atoms with Gasteiger partial charge in [0.05, 0.1) is 24.1 Å². The average Bonchev–Trinajstić information content (AvgIpc) is 2.72. The van der Waals surface area contributed by atoms with Crippen LogP contribution < -0.4 is 9.62 Å². The minimum Gasteiger partial charge on any atom is -0.322 e. The van der Waals surface area contributed by atoms with Crippen molar-refractivity contribution in [3.63, 3.8) is 0 Å². The minimum atomic E-state index is -4.52. The molecule has 0 unspecified atom stereocenters. The number of nitrogens with zero attached hydrogens (tertiary/aromatic N) is 1. The van der Waals surface area contributed by atoms with Crippen LogP contribution in [0.3, 0.4) is 0 Å². The summed E-state index contributed by atoms with van der Waals surface area (Å²) in [7, 11) is -3.59. The van der Waals surface area contributed by atoms with Crippen LogP contribution in [0.15, 0.2) is 78.9 Å². The molecule has 5 nitrogen and oxygen atoms in total. The fraction of sp³-hybridized carbons (Fsp3) is 0.136. The van der Waals surface area contributed by atoms with Gasteiger partial charge in [-0.05, 0) is 48.0 Å². The first-order valence-electron chi connectivity index (χ1n) is 9.14. The SMILES string of the molecule is CS(=O)(=O)N(Cc1ccccc1)c1ccc(C(=O)Nc2cccc(C(F)(F)F)c2)cc1. The van der Waals surface area contributed by atoms with Gasteiger partial charge >= 0.3 is 6.18 Å². The summed E-state index contributed by atoms with van der Waals surface area (Å²) in [6, 6.07) is 19.1. The first-order chi connectivity index (χ1) is 14.5. The van der Waals surface area contributed by atoms with Gasteiger partial charge in [-0.25, -0.2) is 8.42 Å². The molecule has 0 saturated heterocycles. The maximum Gasteiger partial charge on any atom is 0.416 e. The lowest BCUT2D eigenvalue weighted by Crippen LogP contribution is -2.29. The van der Waals surface area contributed by atoms with Gasteiger partial charge in [0.1, 0.15) is 0 Å². The molecule has 162 valence electrons. The van der Waals surface area contributed by atoms with E-state index >= 15 is 0 Å². The third-order valence-corrected chi connectivity index (χ3v) is 5.58. The molecule has 0 aliphatic heterocycles. The fourth-order valence-electron chi connectivity index (χ4n) is 2.90. The van der Waals surface area contributed by atoms with Gasteiger partial charge in [-0.15, -0.1) is 0 Å². The Labute approximate surface area is 178 Å². The number of hydrogen-bond acceptors (Lipinski definition) is 3. The summed E-state index contributed by atoms with van der Waals surface area (Å²) in [4.78, 5) is 12.4. The molecule has 0 atom stereocenters. The van der Waals surface area contributed by atoms with Gasteiger partial charge < -0.3 is 5.32 Å². The van der Waals surface area contributed by atoms with Crippen molar-refractivity contribution < 1.29 is 26.4 Å². The van der Waals surface area contributed by atoms with Crippen molar-refractivity contribution in [1.82, 2.24) is 0 Å². The second kappa shape index (κ2) is 8.81. The Balaban J connectivity index is 1.79. The maximum absolute atomic E-state index is 12.8. The van der Waals surface area contributed by atoms with E-state index in [2.05, 4.69) is 5.32 Å². The number of amides is 1. The molecule has 0 aliphatic rings. The van der Waals surface area contributed by atoms with Crippen LogP contribution in [-0.2, 0) is 22.7 Å². The molecule has 31 heavy (non-hydrogen) atoms. The van der Waals surface area contributed by atoms with Gasteiger partial charge in [0, 0.05) is 11.3 Å². The van der Waals surface area contributed by atoms with Crippen LogP contribution in [0.4, 0.5) is 24.5 Å². The Morgan fingerprint density at radius 2 is 1.58 bits per heavy atom. The van der Waals surface area contributed by atoms with E-state index in [9.17, 15) is 26.4 Å². The zero-order valence-corrected chi connectivity index (χ0v) is 17.2. The Hall–Kier alpha value is -3.33. The van der Waals surface area contributed by atoms with E-state index in [-0.39, 0.29) is 17.8 Å². The van der Waals surface area contributed by atoms with Crippen molar-refractivity contribution >= 4 is 27.3 Å². The van der Waals surface area contributed by atoms with Gasteiger partial charge in [-0.1, -0.05) is 36.4 Å². The predicted octanol–water partition coefficient (Wildman–Crippen LogP) is 4.92. The molecular formula is C22H19F3N2O3S. The lowest BCUT2D eigenvalue weighted by molar-refractivity contribution is -0.137. The van der Waals surface area contributed by atoms with Crippen LogP contribution in [0.1, 0.15) is 21.5 Å². The fourth-order valence-corrected chi connectivity index (χ4v) is 3.79. The van der Waals surface area contributed by atoms with E-state index in [1.807, 2.05) is 6.07 Å². The second-order valence-corrected chi connectivity index (χ2v) is 8.74. The van der Waals surface area contributed by atoms with E-state index in [1.165, 1.54) is 40.7 Å². The third-order valence-electron chi connectivity index (χ3n) is 4.43. The van der Waals surface area contributed by atoms with E-state index in [0.717, 1.165) is 24.0 Å². The smallest absolute Gasteiger partial charge is 0.322 e. The van der Waals surface area contributed by atoms with Crippen molar-refractivity contribution in [2.75, 3.05) is 15.9 Å². The van der Waals surface area contributed by atoms with Crippen LogP contribution in [0.5, 0.6) is 0 Å². The van der Waals surface area contributed by atoms with E-state index < -0.39 is 27.7 Å². The summed E-state index contributed by atoms with van der Waals surface area (Å²) in [6.07, 6.45) is -3.43. The van der Waals surface area contributed by atoms with Crippen molar-refractivity contribution in [3.8, 4) is 0 Å². The molecule has 0 fully saturated rings. The molecular weight excluding hydrogens is 429 g/mol. The first kappa shape index (κ1) is 22.4. The molecule has 0 spiro atoms. The maximum atomic E-state index is 12.8. The second-order valence-electron chi connectivity index (χ2n) is 6.83. The number of sulfonamides is 1. The molecule has 1 amide bonds. The topological polar surface area (TPSA) is 66.5 Å². The lowest BCUT2D eigenvalue weighted by atomic mass is 10.1. The van der Waals surface area contributed by atoms with Crippen molar-refractivity contribution in [3.05, 3.63) is 95.6 Å². The highest BCUT2D eigenvalue weighted by molar-refractivity contribution is 7.92. The quantitative estimate of drug-likeness (QED) is 0.582. The molecule has 0 aliphatic carbocycles. The summed E-state index contributed by atoms with van der Waals surface area (Å²) in [6.45, 7) is 0.120. The molecule has 9 heteroatoms. The lowest BCUT2D eigenvalue weighted by Gasteiger charge is -2.22. The Kier molecular flexibility index (Phi) is 6.35. The Bertz CT molecular complexity index is 1160. The molecule has 0 heterocycles. The Morgan fingerprint density at radius 3 is 2.16 bits per heavy atom. The Morgan fingerprint density at radius 1 is 0.935 bits per heavy atom. The number of hydrogen-bond donors (Lipinski definition) is 1. The monoisotopic (exact) mass is 448 g/mol. The van der Waals surface area contributed by atoms with Crippen molar-refractivity contribution in [2.24, 2.45) is 0 Å². The number of anilines is 2. The first-order valence-corrected chi connectivity index (χ1v) is 11.0. The molecule has 1 N–H and O–H groups in total. The van der Waals surface area contributed by atoms with Gasteiger partial charge in [0.2, 0.25) is 10.0 Å². The number of carbonyl (C=O) groups excluding carboxylic acids is 1. The highest BCUT2D eigenvalue weighted by atomic mass is 32.2. The zero-order chi connectivity index (χ0) is 22.6. The number of carbonyl (C=O) groups is 1. The van der Waals surface area contributed by atoms with Gasteiger partial charge in [0.15, 0.2) is 0 Å². The van der Waals surface area contributed by atoms with E-state index in [4.69, 9.17) is 0 Å².